The van der Waals surface area contributed by atoms with Crippen LogP contribution in [0.4, 0.5) is 8.78 Å². The molecule has 5 heteroatoms. The third-order valence-electron chi connectivity index (χ3n) is 1.93. The van der Waals surface area contributed by atoms with Gasteiger partial charge in [-0.2, -0.15) is 4.98 Å². The van der Waals surface area contributed by atoms with Gasteiger partial charge in [0.2, 0.25) is 0 Å². The molecular weight excluding hydrogens is 202 g/mol. The van der Waals surface area contributed by atoms with Crippen molar-refractivity contribution in [3.8, 4) is 11.5 Å². The van der Waals surface area contributed by atoms with E-state index in [1.54, 1.807) is 13.8 Å². The second-order valence-electron chi connectivity index (χ2n) is 3.25. The van der Waals surface area contributed by atoms with E-state index in [0.717, 1.165) is 0 Å². The Morgan fingerprint density at radius 2 is 1.73 bits per heavy atom. The molecule has 0 spiro atoms. The molecule has 0 unspecified atom stereocenters. The highest BCUT2D eigenvalue weighted by Gasteiger charge is 2.17. The van der Waals surface area contributed by atoms with Crippen LogP contribution in [0.3, 0.4) is 0 Å². The van der Waals surface area contributed by atoms with Crippen molar-refractivity contribution >= 4 is 0 Å². The molecule has 78 valence electrons. The first-order valence-corrected chi connectivity index (χ1v) is 4.34. The zero-order valence-electron chi connectivity index (χ0n) is 8.21. The number of hydrogen-bond acceptors (Lipinski definition) is 3. The zero-order valence-corrected chi connectivity index (χ0v) is 8.21. The van der Waals surface area contributed by atoms with Gasteiger partial charge < -0.3 is 4.52 Å². The van der Waals surface area contributed by atoms with E-state index in [2.05, 4.69) is 10.1 Å². The molecule has 3 nitrogen and oxygen atoms in total. The molecule has 0 aliphatic carbocycles. The molecule has 0 amide bonds. The summed E-state index contributed by atoms with van der Waals surface area (Å²) in [6.07, 6.45) is 0. The van der Waals surface area contributed by atoms with Gasteiger partial charge in [0.25, 0.3) is 5.89 Å². The van der Waals surface area contributed by atoms with Crippen LogP contribution in [0.25, 0.3) is 11.5 Å². The third-order valence-corrected chi connectivity index (χ3v) is 1.93. The van der Waals surface area contributed by atoms with E-state index in [9.17, 15) is 8.78 Å². The number of rotatable bonds is 1. The molecule has 1 aromatic heterocycles. The van der Waals surface area contributed by atoms with Crippen LogP contribution in [0.15, 0.2) is 16.7 Å². The lowest BCUT2D eigenvalue weighted by Crippen LogP contribution is -1.92. The van der Waals surface area contributed by atoms with Crippen LogP contribution < -0.4 is 0 Å². The average Bonchev–Trinajstić information content (AvgIpc) is 2.49. The van der Waals surface area contributed by atoms with Crippen molar-refractivity contribution in [2.24, 2.45) is 0 Å². The van der Waals surface area contributed by atoms with Crippen LogP contribution in [-0.2, 0) is 0 Å². The lowest BCUT2D eigenvalue weighted by molar-refractivity contribution is 0.420. The summed E-state index contributed by atoms with van der Waals surface area (Å²) >= 11 is 0. The van der Waals surface area contributed by atoms with E-state index in [-0.39, 0.29) is 11.5 Å². The van der Waals surface area contributed by atoms with Gasteiger partial charge in [-0.05, 0) is 31.5 Å². The van der Waals surface area contributed by atoms with Crippen molar-refractivity contribution in [3.63, 3.8) is 0 Å². The summed E-state index contributed by atoms with van der Waals surface area (Å²) in [5.41, 5.74) is 0.228. The Kier molecular flexibility index (Phi) is 2.22. The summed E-state index contributed by atoms with van der Waals surface area (Å²) < 4.78 is 31.6. The Morgan fingerprint density at radius 1 is 1.13 bits per heavy atom. The molecular formula is C10H8F2N2O. The third kappa shape index (κ3) is 1.72. The van der Waals surface area contributed by atoms with E-state index in [0.29, 0.717) is 11.4 Å². The minimum absolute atomic E-state index is 0.137. The minimum atomic E-state index is -0.698. The highest BCUT2D eigenvalue weighted by Crippen LogP contribution is 2.25. The number of aryl methyl sites for hydroxylation is 2. The van der Waals surface area contributed by atoms with Crippen LogP contribution in [0, 0.1) is 25.5 Å². The van der Waals surface area contributed by atoms with Gasteiger partial charge >= 0.3 is 0 Å². The van der Waals surface area contributed by atoms with Crippen LogP contribution >= 0.6 is 0 Å². The van der Waals surface area contributed by atoms with E-state index in [1.165, 1.54) is 12.1 Å². The molecule has 15 heavy (non-hydrogen) atoms. The van der Waals surface area contributed by atoms with Gasteiger partial charge in [0.1, 0.15) is 17.2 Å². The van der Waals surface area contributed by atoms with Crippen molar-refractivity contribution in [2.75, 3.05) is 0 Å². The first kappa shape index (κ1) is 9.76. The first-order chi connectivity index (χ1) is 7.08. The second-order valence-corrected chi connectivity index (χ2v) is 3.25. The summed E-state index contributed by atoms with van der Waals surface area (Å²) in [5, 5.41) is 3.48. The molecule has 0 N–H and O–H groups in total. The SMILES string of the molecule is Cc1cc(F)c(-c2nc(C)no2)c(F)c1. The van der Waals surface area contributed by atoms with Gasteiger partial charge in [-0.3, -0.25) is 0 Å². The van der Waals surface area contributed by atoms with Gasteiger partial charge in [-0.25, -0.2) is 8.78 Å². The predicted octanol–water partition coefficient (Wildman–Crippen LogP) is 2.63. The monoisotopic (exact) mass is 210 g/mol. The summed E-state index contributed by atoms with van der Waals surface area (Å²) in [7, 11) is 0. The van der Waals surface area contributed by atoms with Gasteiger partial charge in [0, 0.05) is 0 Å². The molecule has 0 aliphatic rings. The van der Waals surface area contributed by atoms with Crippen LogP contribution in [-0.4, -0.2) is 10.1 Å². The lowest BCUT2D eigenvalue weighted by atomic mass is 10.1. The van der Waals surface area contributed by atoms with E-state index in [1.807, 2.05) is 0 Å². The van der Waals surface area contributed by atoms with Crippen molar-refractivity contribution < 1.29 is 13.3 Å². The van der Waals surface area contributed by atoms with Crippen molar-refractivity contribution in [2.45, 2.75) is 13.8 Å². The fraction of sp³-hybridized carbons (Fsp3) is 0.200. The van der Waals surface area contributed by atoms with E-state index >= 15 is 0 Å². The molecule has 0 atom stereocenters. The fourth-order valence-electron chi connectivity index (χ4n) is 1.30. The molecule has 0 bridgehead atoms. The molecule has 0 saturated carbocycles. The topological polar surface area (TPSA) is 38.9 Å². The zero-order chi connectivity index (χ0) is 11.0. The number of benzene rings is 1. The van der Waals surface area contributed by atoms with E-state index in [4.69, 9.17) is 4.52 Å². The Labute approximate surface area is 84.7 Å². The number of nitrogens with zero attached hydrogens (tertiary/aromatic N) is 2. The lowest BCUT2D eigenvalue weighted by Gasteiger charge is -2.00. The maximum Gasteiger partial charge on any atom is 0.263 e. The number of aromatic nitrogens is 2. The van der Waals surface area contributed by atoms with Gasteiger partial charge in [-0.1, -0.05) is 5.16 Å². The summed E-state index contributed by atoms with van der Waals surface area (Å²) in [5.74, 6) is -1.20. The molecule has 0 aliphatic heterocycles. The highest BCUT2D eigenvalue weighted by atomic mass is 19.1. The smallest absolute Gasteiger partial charge is 0.263 e. The van der Waals surface area contributed by atoms with Crippen molar-refractivity contribution in [3.05, 3.63) is 35.2 Å². The highest BCUT2D eigenvalue weighted by molar-refractivity contribution is 5.55. The minimum Gasteiger partial charge on any atom is -0.334 e. The molecule has 0 saturated heterocycles. The summed E-state index contributed by atoms with van der Waals surface area (Å²) in [6.45, 7) is 3.19. The molecule has 0 fully saturated rings. The average molecular weight is 210 g/mol. The fourth-order valence-corrected chi connectivity index (χ4v) is 1.30. The maximum atomic E-state index is 13.4. The molecule has 1 aromatic carbocycles. The largest absolute Gasteiger partial charge is 0.334 e. The van der Waals surface area contributed by atoms with Crippen molar-refractivity contribution in [1.82, 2.24) is 10.1 Å². The van der Waals surface area contributed by atoms with Crippen LogP contribution in [0.1, 0.15) is 11.4 Å². The Balaban J connectivity index is 2.62. The standard InChI is InChI=1S/C10H8F2N2O/c1-5-3-7(11)9(8(12)4-5)10-13-6(2)14-15-10/h3-4H,1-2H3. The Hall–Kier alpha value is -1.78. The quantitative estimate of drug-likeness (QED) is 0.726. The van der Waals surface area contributed by atoms with Gasteiger partial charge in [0.15, 0.2) is 5.82 Å². The van der Waals surface area contributed by atoms with Crippen LogP contribution in [0.2, 0.25) is 0 Å². The van der Waals surface area contributed by atoms with Crippen LogP contribution in [0.5, 0.6) is 0 Å². The number of hydrogen-bond donors (Lipinski definition) is 0. The van der Waals surface area contributed by atoms with Gasteiger partial charge in [-0.15, -0.1) is 0 Å². The molecule has 2 rings (SSSR count). The predicted molar refractivity (Wildman–Crippen MR) is 49.1 cm³/mol. The van der Waals surface area contributed by atoms with E-state index < -0.39 is 11.6 Å². The Morgan fingerprint density at radius 3 is 2.20 bits per heavy atom. The molecule has 2 aromatic rings. The molecule has 0 radical (unpaired) electrons. The summed E-state index contributed by atoms with van der Waals surface area (Å²) in [4.78, 5) is 3.77. The van der Waals surface area contributed by atoms with Crippen molar-refractivity contribution in [1.29, 1.82) is 0 Å². The normalized spacial score (nSPS) is 10.7. The maximum absolute atomic E-state index is 13.4. The molecule has 1 heterocycles. The number of halogens is 2. The second kappa shape index (κ2) is 3.42. The van der Waals surface area contributed by atoms with Gasteiger partial charge in [0.05, 0.1) is 0 Å². The Bertz CT molecular complexity index is 485. The first-order valence-electron chi connectivity index (χ1n) is 4.34. The summed E-state index contributed by atoms with van der Waals surface area (Å²) in [6, 6.07) is 2.44.